The molecule has 1 amide bonds. The molecule has 0 radical (unpaired) electrons. The lowest BCUT2D eigenvalue weighted by Gasteiger charge is -2.17. The summed E-state index contributed by atoms with van der Waals surface area (Å²) in [6, 6.07) is 2.00. The molecule has 102 valence electrons. The monoisotopic (exact) mass is 269 g/mol. The number of thiophene rings is 1. The second-order valence-electron chi connectivity index (χ2n) is 5.02. The number of nitrogens with one attached hydrogen (secondary N) is 1. The fourth-order valence-electron chi connectivity index (χ4n) is 1.71. The molecule has 1 heterocycles. The van der Waals surface area contributed by atoms with Crippen LogP contribution in [0.5, 0.6) is 0 Å². The molecule has 1 aromatic rings. The lowest BCUT2D eigenvalue weighted by Crippen LogP contribution is -2.35. The van der Waals surface area contributed by atoms with Crippen molar-refractivity contribution in [1.82, 2.24) is 5.32 Å². The Bertz CT molecular complexity index is 387. The fraction of sp³-hybridized carbons (Fsp3) is 0.643. The van der Waals surface area contributed by atoms with Crippen molar-refractivity contribution in [2.45, 2.75) is 46.1 Å². The highest BCUT2D eigenvalue weighted by molar-refractivity contribution is 7.12. The average Bonchev–Trinajstić information content (AvgIpc) is 2.83. The van der Waals surface area contributed by atoms with Crippen molar-refractivity contribution in [3.63, 3.8) is 0 Å². The molecular weight excluding hydrogens is 246 g/mol. The largest absolute Gasteiger partial charge is 0.391 e. The maximum atomic E-state index is 12.0. The van der Waals surface area contributed by atoms with Crippen LogP contribution < -0.4 is 5.32 Å². The molecule has 0 aromatic carbocycles. The van der Waals surface area contributed by atoms with Gasteiger partial charge in [0, 0.05) is 6.54 Å². The van der Waals surface area contributed by atoms with Gasteiger partial charge in [-0.25, -0.2) is 0 Å². The van der Waals surface area contributed by atoms with Gasteiger partial charge in [0.15, 0.2) is 0 Å². The Morgan fingerprint density at radius 3 is 2.67 bits per heavy atom. The Morgan fingerprint density at radius 1 is 1.44 bits per heavy atom. The minimum Gasteiger partial charge on any atom is -0.391 e. The van der Waals surface area contributed by atoms with Gasteiger partial charge in [0.25, 0.3) is 5.91 Å². The van der Waals surface area contributed by atoms with E-state index < -0.39 is 6.10 Å². The molecule has 2 unspecified atom stereocenters. The molecule has 18 heavy (non-hydrogen) atoms. The van der Waals surface area contributed by atoms with Crippen molar-refractivity contribution in [1.29, 1.82) is 0 Å². The van der Waals surface area contributed by atoms with Crippen molar-refractivity contribution in [3.8, 4) is 0 Å². The van der Waals surface area contributed by atoms with E-state index in [1.807, 2.05) is 25.3 Å². The van der Waals surface area contributed by atoms with Gasteiger partial charge in [-0.2, -0.15) is 0 Å². The van der Waals surface area contributed by atoms with Crippen LogP contribution >= 0.6 is 11.3 Å². The first-order chi connectivity index (χ1) is 8.47. The average molecular weight is 269 g/mol. The Labute approximate surface area is 113 Å². The Kier molecular flexibility index (Phi) is 5.82. The van der Waals surface area contributed by atoms with E-state index in [9.17, 15) is 9.90 Å². The summed E-state index contributed by atoms with van der Waals surface area (Å²) in [6.07, 6.45) is 0.439. The second-order valence-corrected chi connectivity index (χ2v) is 5.94. The summed E-state index contributed by atoms with van der Waals surface area (Å²) in [5.74, 6) is 0.478. The molecule has 0 saturated heterocycles. The molecule has 0 bridgehead atoms. The van der Waals surface area contributed by atoms with Gasteiger partial charge in [0.2, 0.25) is 0 Å². The number of amides is 1. The maximum Gasteiger partial charge on any atom is 0.261 e. The van der Waals surface area contributed by atoms with Gasteiger partial charge in [0.1, 0.15) is 0 Å². The van der Waals surface area contributed by atoms with E-state index in [0.717, 1.165) is 16.9 Å². The molecule has 2 N–H and O–H groups in total. The molecule has 0 aliphatic rings. The van der Waals surface area contributed by atoms with Crippen molar-refractivity contribution in [2.24, 2.45) is 5.92 Å². The quantitative estimate of drug-likeness (QED) is 0.834. The smallest absolute Gasteiger partial charge is 0.261 e. The molecule has 1 aromatic heterocycles. The summed E-state index contributed by atoms with van der Waals surface area (Å²) in [7, 11) is 0. The van der Waals surface area contributed by atoms with Crippen LogP contribution in [0.15, 0.2) is 11.4 Å². The van der Waals surface area contributed by atoms with Crippen LogP contribution in [0, 0.1) is 5.92 Å². The van der Waals surface area contributed by atoms with Crippen molar-refractivity contribution in [3.05, 3.63) is 21.9 Å². The Balaban J connectivity index is 2.58. The van der Waals surface area contributed by atoms with Crippen LogP contribution in [-0.2, 0) is 0 Å². The number of rotatable bonds is 6. The van der Waals surface area contributed by atoms with Crippen LogP contribution in [0.1, 0.15) is 55.3 Å². The molecule has 4 heteroatoms. The summed E-state index contributed by atoms with van der Waals surface area (Å²) < 4.78 is 0. The van der Waals surface area contributed by atoms with Crippen molar-refractivity contribution in [2.75, 3.05) is 6.54 Å². The zero-order chi connectivity index (χ0) is 13.7. The molecule has 0 aliphatic heterocycles. The molecule has 1 rings (SSSR count). The predicted molar refractivity (Wildman–Crippen MR) is 76.2 cm³/mol. The van der Waals surface area contributed by atoms with Gasteiger partial charge in [-0.1, -0.05) is 34.1 Å². The van der Waals surface area contributed by atoms with E-state index in [1.54, 1.807) is 0 Å². The molecule has 0 aliphatic carbocycles. The van der Waals surface area contributed by atoms with Crippen LogP contribution in [0.2, 0.25) is 0 Å². The van der Waals surface area contributed by atoms with Gasteiger partial charge < -0.3 is 10.4 Å². The Morgan fingerprint density at radius 2 is 2.11 bits per heavy atom. The van der Waals surface area contributed by atoms with Crippen LogP contribution in [0.3, 0.4) is 0 Å². The lowest BCUT2D eigenvalue weighted by molar-refractivity contribution is 0.0852. The van der Waals surface area contributed by atoms with E-state index in [1.165, 1.54) is 11.3 Å². The van der Waals surface area contributed by atoms with Crippen molar-refractivity contribution >= 4 is 17.2 Å². The minimum atomic E-state index is -0.471. The lowest BCUT2D eigenvalue weighted by atomic mass is 10.0. The summed E-state index contributed by atoms with van der Waals surface area (Å²) >= 11 is 1.46. The highest BCUT2D eigenvalue weighted by Crippen LogP contribution is 2.24. The number of hydrogen-bond donors (Lipinski definition) is 2. The third kappa shape index (κ3) is 3.82. The molecule has 3 nitrogen and oxygen atoms in total. The molecule has 0 fully saturated rings. The van der Waals surface area contributed by atoms with Gasteiger partial charge >= 0.3 is 0 Å². The van der Waals surface area contributed by atoms with Gasteiger partial charge in [-0.3, -0.25) is 4.79 Å². The standard InChI is InChI=1S/C14H23NO2S/c1-5-10(4)12(16)8-15-14(17)13-11(9(2)3)6-7-18-13/h6-7,9-10,12,16H,5,8H2,1-4H3,(H,15,17). The number of hydrogen-bond acceptors (Lipinski definition) is 3. The maximum absolute atomic E-state index is 12.0. The molecule has 0 saturated carbocycles. The van der Waals surface area contributed by atoms with Gasteiger partial charge in [-0.05, 0) is 28.8 Å². The van der Waals surface area contributed by atoms with Crippen LogP contribution in [0.25, 0.3) is 0 Å². The normalized spacial score (nSPS) is 14.6. The summed E-state index contributed by atoms with van der Waals surface area (Å²) in [6.45, 7) is 8.50. The zero-order valence-corrected chi connectivity index (χ0v) is 12.4. The van der Waals surface area contributed by atoms with Crippen LogP contribution in [-0.4, -0.2) is 23.7 Å². The van der Waals surface area contributed by atoms with E-state index in [-0.39, 0.29) is 11.8 Å². The predicted octanol–water partition coefficient (Wildman–Crippen LogP) is 3.01. The first kappa shape index (κ1) is 15.2. The third-order valence-corrected chi connectivity index (χ3v) is 4.23. The van der Waals surface area contributed by atoms with Gasteiger partial charge in [-0.15, -0.1) is 11.3 Å². The highest BCUT2D eigenvalue weighted by atomic mass is 32.1. The Hall–Kier alpha value is -0.870. The first-order valence-corrected chi connectivity index (χ1v) is 7.39. The van der Waals surface area contributed by atoms with E-state index in [0.29, 0.717) is 12.5 Å². The van der Waals surface area contributed by atoms with E-state index in [4.69, 9.17) is 0 Å². The fourth-order valence-corrected chi connectivity index (χ4v) is 2.68. The second kappa shape index (κ2) is 6.90. The summed E-state index contributed by atoms with van der Waals surface area (Å²) in [4.78, 5) is 12.8. The number of aliphatic hydroxyl groups is 1. The SMILES string of the molecule is CCC(C)C(O)CNC(=O)c1sccc1C(C)C. The highest BCUT2D eigenvalue weighted by Gasteiger charge is 2.18. The number of carbonyl (C=O) groups excluding carboxylic acids is 1. The summed E-state index contributed by atoms with van der Waals surface area (Å²) in [5, 5.41) is 14.6. The molecular formula is C14H23NO2S. The first-order valence-electron chi connectivity index (χ1n) is 6.51. The number of carbonyl (C=O) groups is 1. The summed E-state index contributed by atoms with van der Waals surface area (Å²) in [5.41, 5.74) is 1.08. The molecule has 0 spiro atoms. The van der Waals surface area contributed by atoms with Crippen LogP contribution in [0.4, 0.5) is 0 Å². The van der Waals surface area contributed by atoms with E-state index >= 15 is 0 Å². The molecule has 2 atom stereocenters. The van der Waals surface area contributed by atoms with Crippen molar-refractivity contribution < 1.29 is 9.90 Å². The van der Waals surface area contributed by atoms with Gasteiger partial charge in [0.05, 0.1) is 11.0 Å². The zero-order valence-electron chi connectivity index (χ0n) is 11.6. The van der Waals surface area contributed by atoms with E-state index in [2.05, 4.69) is 19.2 Å². The minimum absolute atomic E-state index is 0.0731. The number of aliphatic hydroxyl groups excluding tert-OH is 1. The third-order valence-electron chi connectivity index (χ3n) is 3.30. The topological polar surface area (TPSA) is 49.3 Å².